The van der Waals surface area contributed by atoms with Crippen LogP contribution in [0.1, 0.15) is 25.3 Å². The molecular weight excluding hydrogens is 319 g/mol. The molecule has 0 amide bonds. The maximum Gasteiger partial charge on any atom is 0.194 e. The van der Waals surface area contributed by atoms with Crippen LogP contribution in [0.5, 0.6) is 11.5 Å². The molecule has 0 spiro atoms. The Hall–Kier alpha value is -2.63. The van der Waals surface area contributed by atoms with Crippen molar-refractivity contribution in [2.24, 2.45) is 4.99 Å². The summed E-state index contributed by atoms with van der Waals surface area (Å²) in [5.41, 5.74) is 0.811. The Balaban J connectivity index is 1.68. The number of aliphatic imine (C=N–C) groups is 1. The highest BCUT2D eigenvalue weighted by atomic mass is 19.1. The molecule has 0 saturated carbocycles. The molecule has 2 aromatic rings. The number of aromatic nitrogens is 1. The fourth-order valence-electron chi connectivity index (χ4n) is 2.78. The molecule has 1 aromatic carbocycles. The molecule has 1 fully saturated rings. The minimum absolute atomic E-state index is 0.187. The van der Waals surface area contributed by atoms with Crippen LogP contribution < -0.4 is 10.1 Å². The number of nitrogens with one attached hydrogen (secondary N) is 1. The summed E-state index contributed by atoms with van der Waals surface area (Å²) in [4.78, 5) is 10.8. The van der Waals surface area contributed by atoms with E-state index in [2.05, 4.69) is 27.1 Å². The summed E-state index contributed by atoms with van der Waals surface area (Å²) in [5.74, 6) is 1.20. The van der Waals surface area contributed by atoms with Gasteiger partial charge in [0.2, 0.25) is 0 Å². The number of ether oxygens (including phenoxy) is 1. The Morgan fingerprint density at radius 3 is 2.84 bits per heavy atom. The second-order valence-electron chi connectivity index (χ2n) is 5.92. The van der Waals surface area contributed by atoms with E-state index in [4.69, 9.17) is 4.74 Å². The van der Waals surface area contributed by atoms with E-state index in [1.807, 2.05) is 6.07 Å². The lowest BCUT2D eigenvalue weighted by Crippen LogP contribution is -2.39. The van der Waals surface area contributed by atoms with E-state index in [1.54, 1.807) is 30.6 Å². The van der Waals surface area contributed by atoms with Gasteiger partial charge in [-0.05, 0) is 49.6 Å². The van der Waals surface area contributed by atoms with Crippen molar-refractivity contribution in [3.8, 4) is 11.5 Å². The molecule has 1 aliphatic rings. The number of benzene rings is 1. The smallest absolute Gasteiger partial charge is 0.194 e. The highest BCUT2D eigenvalue weighted by molar-refractivity contribution is 5.80. The maximum atomic E-state index is 14.3. The van der Waals surface area contributed by atoms with Crippen LogP contribution in [0.2, 0.25) is 0 Å². The van der Waals surface area contributed by atoms with E-state index >= 15 is 0 Å². The molecule has 3 rings (SSSR count). The van der Waals surface area contributed by atoms with Gasteiger partial charge < -0.3 is 15.0 Å². The molecule has 0 bridgehead atoms. The fraction of sp³-hybridized carbons (Fsp3) is 0.368. The Kier molecular flexibility index (Phi) is 5.82. The number of nitrogens with zero attached hydrogens (tertiary/aromatic N) is 3. The average molecular weight is 342 g/mol. The van der Waals surface area contributed by atoms with E-state index < -0.39 is 5.82 Å². The Morgan fingerprint density at radius 2 is 2.16 bits per heavy atom. The number of hydrogen-bond acceptors (Lipinski definition) is 3. The molecule has 25 heavy (non-hydrogen) atoms. The van der Waals surface area contributed by atoms with Gasteiger partial charge in [0.25, 0.3) is 0 Å². The van der Waals surface area contributed by atoms with Crippen molar-refractivity contribution in [1.29, 1.82) is 0 Å². The van der Waals surface area contributed by atoms with E-state index in [0.717, 1.165) is 31.2 Å². The second-order valence-corrected chi connectivity index (χ2v) is 5.92. The van der Waals surface area contributed by atoms with Gasteiger partial charge in [0.1, 0.15) is 5.75 Å². The molecule has 0 atom stereocenters. The number of pyridine rings is 1. The third-order valence-corrected chi connectivity index (χ3v) is 4.01. The third kappa shape index (κ3) is 4.68. The van der Waals surface area contributed by atoms with Gasteiger partial charge in [0, 0.05) is 25.8 Å². The summed E-state index contributed by atoms with van der Waals surface area (Å²) in [6.45, 7) is 5.36. The third-order valence-electron chi connectivity index (χ3n) is 4.01. The molecule has 1 N–H and O–H groups in total. The maximum absolute atomic E-state index is 14.3. The zero-order chi connectivity index (χ0) is 17.5. The van der Waals surface area contributed by atoms with Gasteiger partial charge in [0.05, 0.1) is 12.7 Å². The molecule has 0 radical (unpaired) electrons. The summed E-state index contributed by atoms with van der Waals surface area (Å²) < 4.78 is 19.8. The van der Waals surface area contributed by atoms with Gasteiger partial charge >= 0.3 is 0 Å². The zero-order valence-electron chi connectivity index (χ0n) is 14.4. The Morgan fingerprint density at radius 1 is 1.32 bits per heavy atom. The van der Waals surface area contributed by atoms with Crippen molar-refractivity contribution in [3.63, 3.8) is 0 Å². The van der Waals surface area contributed by atoms with E-state index in [1.165, 1.54) is 18.9 Å². The highest BCUT2D eigenvalue weighted by Crippen LogP contribution is 2.24. The predicted octanol–water partition coefficient (Wildman–Crippen LogP) is 3.57. The number of hydrogen-bond donors (Lipinski definition) is 1. The van der Waals surface area contributed by atoms with E-state index in [9.17, 15) is 4.39 Å². The first-order valence-corrected chi connectivity index (χ1v) is 8.66. The van der Waals surface area contributed by atoms with Crippen LogP contribution >= 0.6 is 0 Å². The number of guanidine groups is 1. The molecular formula is C19H23FN4O. The normalized spacial score (nSPS) is 14.6. The molecule has 1 saturated heterocycles. The van der Waals surface area contributed by atoms with Crippen LogP contribution in [0.3, 0.4) is 0 Å². The summed E-state index contributed by atoms with van der Waals surface area (Å²) in [6, 6.07) is 8.44. The molecule has 6 heteroatoms. The van der Waals surface area contributed by atoms with Crippen molar-refractivity contribution in [1.82, 2.24) is 15.2 Å². The van der Waals surface area contributed by atoms with Crippen molar-refractivity contribution >= 4 is 5.96 Å². The molecule has 1 aromatic heterocycles. The monoisotopic (exact) mass is 342 g/mol. The Bertz CT molecular complexity index is 715. The van der Waals surface area contributed by atoms with Crippen molar-refractivity contribution in [2.75, 3.05) is 19.6 Å². The topological polar surface area (TPSA) is 49.8 Å². The quantitative estimate of drug-likeness (QED) is 0.667. The Labute approximate surface area is 147 Å². The van der Waals surface area contributed by atoms with Crippen LogP contribution in [0.25, 0.3) is 0 Å². The molecule has 1 aliphatic heterocycles. The lowest BCUT2D eigenvalue weighted by molar-refractivity contribution is 0.440. The summed E-state index contributed by atoms with van der Waals surface area (Å²) in [5, 5.41) is 3.30. The first kappa shape index (κ1) is 17.2. The van der Waals surface area contributed by atoms with Gasteiger partial charge in [-0.25, -0.2) is 9.38 Å². The minimum Gasteiger partial charge on any atom is -0.453 e. The predicted molar refractivity (Wildman–Crippen MR) is 96.3 cm³/mol. The van der Waals surface area contributed by atoms with E-state index in [0.29, 0.717) is 12.3 Å². The number of halogens is 1. The highest BCUT2D eigenvalue weighted by Gasteiger charge is 2.15. The van der Waals surface area contributed by atoms with Crippen LogP contribution in [-0.4, -0.2) is 35.5 Å². The lowest BCUT2D eigenvalue weighted by atomic mass is 10.2. The van der Waals surface area contributed by atoms with Crippen LogP contribution in [-0.2, 0) is 6.54 Å². The van der Waals surface area contributed by atoms with Crippen LogP contribution in [0.4, 0.5) is 4.39 Å². The molecule has 5 nitrogen and oxygen atoms in total. The zero-order valence-corrected chi connectivity index (χ0v) is 14.4. The summed E-state index contributed by atoms with van der Waals surface area (Å²) in [7, 11) is 0. The van der Waals surface area contributed by atoms with Crippen molar-refractivity contribution in [3.05, 3.63) is 54.1 Å². The lowest BCUT2D eigenvalue weighted by Gasteiger charge is -2.20. The van der Waals surface area contributed by atoms with Crippen LogP contribution in [0.15, 0.2) is 47.7 Å². The van der Waals surface area contributed by atoms with Crippen molar-refractivity contribution in [2.45, 2.75) is 26.3 Å². The summed E-state index contributed by atoms with van der Waals surface area (Å²) >= 11 is 0. The molecule has 0 aliphatic carbocycles. The van der Waals surface area contributed by atoms with Crippen LogP contribution in [0, 0.1) is 5.82 Å². The van der Waals surface area contributed by atoms with Gasteiger partial charge in [0.15, 0.2) is 17.5 Å². The van der Waals surface area contributed by atoms with Gasteiger partial charge in [-0.3, -0.25) is 4.98 Å². The van der Waals surface area contributed by atoms with Gasteiger partial charge in [-0.2, -0.15) is 0 Å². The fourth-order valence-corrected chi connectivity index (χ4v) is 2.78. The number of rotatable bonds is 5. The summed E-state index contributed by atoms with van der Waals surface area (Å²) in [6.07, 6.45) is 5.59. The largest absolute Gasteiger partial charge is 0.453 e. The molecule has 2 heterocycles. The number of likely N-dealkylation sites (tertiary alicyclic amines) is 1. The molecule has 0 unspecified atom stereocenters. The van der Waals surface area contributed by atoms with Gasteiger partial charge in [-0.1, -0.05) is 6.07 Å². The average Bonchev–Trinajstić information content (AvgIpc) is 3.16. The first-order chi connectivity index (χ1) is 12.3. The SMILES string of the molecule is CCNC(=NCc1ccc(Oc2cccnc2)c(F)c1)N1CCCC1. The second kappa shape index (κ2) is 8.46. The van der Waals surface area contributed by atoms with E-state index in [-0.39, 0.29) is 5.75 Å². The minimum atomic E-state index is -0.400. The van der Waals surface area contributed by atoms with Gasteiger partial charge in [-0.15, -0.1) is 0 Å². The van der Waals surface area contributed by atoms with Crippen molar-refractivity contribution < 1.29 is 9.13 Å². The molecule has 132 valence electrons. The standard InChI is InChI=1S/C19H23FN4O/c1-2-22-19(24-10-3-4-11-24)23-13-15-7-8-18(17(20)12-15)25-16-6-5-9-21-14-16/h5-9,12,14H,2-4,10-11,13H2,1H3,(H,22,23). The first-order valence-electron chi connectivity index (χ1n) is 8.66.